The second kappa shape index (κ2) is 10.3. The van der Waals surface area contributed by atoms with Crippen molar-refractivity contribution >= 4 is 18.0 Å². The van der Waals surface area contributed by atoms with Crippen molar-refractivity contribution in [1.29, 1.82) is 0 Å². The Bertz CT molecular complexity index is 1020. The SMILES string of the molecule is O=C(NCC1(C(=O)N[C@@H](CO)C(=O)O)CCCCC1)OCC1c2ccccc2-c2ccccc21. The number of hydrogen-bond donors (Lipinski definition) is 4. The van der Waals surface area contributed by atoms with Crippen LogP contribution in [-0.2, 0) is 14.3 Å². The van der Waals surface area contributed by atoms with Gasteiger partial charge in [0, 0.05) is 12.5 Å². The monoisotopic (exact) mass is 466 g/mol. The molecular weight excluding hydrogens is 436 g/mol. The Balaban J connectivity index is 1.39. The number of carboxylic acids is 1. The van der Waals surface area contributed by atoms with Gasteiger partial charge in [-0.25, -0.2) is 9.59 Å². The number of carbonyl (C=O) groups is 3. The molecule has 1 saturated carbocycles. The molecule has 2 aliphatic carbocycles. The van der Waals surface area contributed by atoms with Crippen molar-refractivity contribution in [2.75, 3.05) is 19.8 Å². The Morgan fingerprint density at radius 3 is 2.12 bits per heavy atom. The van der Waals surface area contributed by atoms with Crippen LogP contribution in [0.15, 0.2) is 48.5 Å². The smallest absolute Gasteiger partial charge is 0.407 e. The van der Waals surface area contributed by atoms with Crippen molar-refractivity contribution < 1.29 is 29.3 Å². The zero-order chi connectivity index (χ0) is 24.1. The van der Waals surface area contributed by atoms with Crippen molar-refractivity contribution in [1.82, 2.24) is 10.6 Å². The average molecular weight is 467 g/mol. The molecule has 0 spiro atoms. The summed E-state index contributed by atoms with van der Waals surface area (Å²) in [4.78, 5) is 36.8. The van der Waals surface area contributed by atoms with Crippen LogP contribution in [0.4, 0.5) is 4.79 Å². The number of carbonyl (C=O) groups excluding carboxylic acids is 2. The third-order valence-electron chi connectivity index (χ3n) is 6.99. The Hall–Kier alpha value is -3.39. The molecule has 1 atom stereocenters. The number of aliphatic hydroxyl groups is 1. The number of amides is 2. The maximum absolute atomic E-state index is 13.0. The molecule has 0 radical (unpaired) electrons. The minimum atomic E-state index is -1.37. The zero-order valence-electron chi connectivity index (χ0n) is 19.0. The first-order valence-corrected chi connectivity index (χ1v) is 11.7. The number of rotatable bonds is 8. The first-order valence-electron chi connectivity index (χ1n) is 11.7. The number of aliphatic carboxylic acids is 1. The van der Waals surface area contributed by atoms with Crippen LogP contribution in [0.25, 0.3) is 11.1 Å². The molecule has 0 unspecified atom stereocenters. The molecule has 34 heavy (non-hydrogen) atoms. The maximum Gasteiger partial charge on any atom is 0.407 e. The first-order chi connectivity index (χ1) is 16.4. The normalized spacial score (nSPS) is 17.2. The van der Waals surface area contributed by atoms with Crippen molar-refractivity contribution in [3.05, 3.63) is 59.7 Å². The molecule has 4 N–H and O–H groups in total. The van der Waals surface area contributed by atoms with Crippen LogP contribution in [0.2, 0.25) is 0 Å². The van der Waals surface area contributed by atoms with E-state index in [1.807, 2.05) is 36.4 Å². The summed E-state index contributed by atoms with van der Waals surface area (Å²) in [5.74, 6) is -1.83. The second-order valence-electron chi connectivity index (χ2n) is 9.07. The van der Waals surface area contributed by atoms with E-state index in [2.05, 4.69) is 22.8 Å². The van der Waals surface area contributed by atoms with Crippen molar-refractivity contribution in [2.24, 2.45) is 5.41 Å². The van der Waals surface area contributed by atoms with Gasteiger partial charge in [-0.15, -0.1) is 0 Å². The van der Waals surface area contributed by atoms with Crippen molar-refractivity contribution in [2.45, 2.75) is 44.1 Å². The van der Waals surface area contributed by atoms with E-state index in [0.29, 0.717) is 12.8 Å². The molecule has 180 valence electrons. The van der Waals surface area contributed by atoms with Crippen LogP contribution in [-0.4, -0.2) is 54.0 Å². The summed E-state index contributed by atoms with van der Waals surface area (Å²) in [7, 11) is 0. The highest BCUT2D eigenvalue weighted by Gasteiger charge is 2.41. The van der Waals surface area contributed by atoms with E-state index in [1.54, 1.807) is 0 Å². The first kappa shape index (κ1) is 23.8. The molecule has 8 heteroatoms. The van der Waals surface area contributed by atoms with Gasteiger partial charge in [0.2, 0.25) is 5.91 Å². The average Bonchev–Trinajstić information content (AvgIpc) is 3.18. The number of alkyl carbamates (subject to hydrolysis) is 1. The molecule has 4 rings (SSSR count). The Morgan fingerprint density at radius 1 is 0.971 bits per heavy atom. The van der Waals surface area contributed by atoms with E-state index in [4.69, 9.17) is 4.74 Å². The number of fused-ring (bicyclic) bond motifs is 3. The van der Waals surface area contributed by atoms with E-state index in [9.17, 15) is 24.6 Å². The molecule has 0 bridgehead atoms. The molecule has 2 amide bonds. The molecule has 2 aromatic rings. The summed E-state index contributed by atoms with van der Waals surface area (Å²) in [6.07, 6.45) is 3.02. The van der Waals surface area contributed by atoms with Crippen LogP contribution in [0.1, 0.15) is 49.1 Å². The van der Waals surface area contributed by atoms with Crippen LogP contribution >= 0.6 is 0 Å². The summed E-state index contributed by atoms with van der Waals surface area (Å²) in [6, 6.07) is 14.8. The van der Waals surface area contributed by atoms with Gasteiger partial charge in [0.15, 0.2) is 0 Å². The fourth-order valence-corrected chi connectivity index (χ4v) is 5.10. The van der Waals surface area contributed by atoms with Gasteiger partial charge in [-0.1, -0.05) is 67.8 Å². The van der Waals surface area contributed by atoms with Crippen LogP contribution in [0, 0.1) is 5.41 Å². The molecule has 0 aliphatic heterocycles. The third-order valence-corrected chi connectivity index (χ3v) is 6.99. The van der Waals surface area contributed by atoms with Gasteiger partial charge in [-0.2, -0.15) is 0 Å². The molecule has 0 aromatic heterocycles. The Labute approximate surface area is 198 Å². The highest BCUT2D eigenvalue weighted by Crippen LogP contribution is 2.44. The predicted molar refractivity (Wildman–Crippen MR) is 125 cm³/mol. The largest absolute Gasteiger partial charge is 0.480 e. The van der Waals surface area contributed by atoms with Crippen LogP contribution < -0.4 is 10.6 Å². The Morgan fingerprint density at radius 2 is 1.56 bits per heavy atom. The van der Waals surface area contributed by atoms with Crippen LogP contribution in [0.5, 0.6) is 0 Å². The molecular formula is C26H30N2O6. The molecule has 0 heterocycles. The summed E-state index contributed by atoms with van der Waals surface area (Å²) < 4.78 is 5.58. The topological polar surface area (TPSA) is 125 Å². The fraction of sp³-hybridized carbons (Fsp3) is 0.423. The van der Waals surface area contributed by atoms with Crippen molar-refractivity contribution in [3.63, 3.8) is 0 Å². The van der Waals surface area contributed by atoms with Crippen molar-refractivity contribution in [3.8, 4) is 11.1 Å². The number of nitrogens with one attached hydrogen (secondary N) is 2. The van der Waals surface area contributed by atoms with E-state index < -0.39 is 36.0 Å². The van der Waals surface area contributed by atoms with E-state index >= 15 is 0 Å². The van der Waals surface area contributed by atoms with Gasteiger partial charge in [0.25, 0.3) is 0 Å². The highest BCUT2D eigenvalue weighted by molar-refractivity contribution is 5.88. The lowest BCUT2D eigenvalue weighted by atomic mass is 9.73. The lowest BCUT2D eigenvalue weighted by Gasteiger charge is -2.36. The van der Waals surface area contributed by atoms with E-state index in [0.717, 1.165) is 41.5 Å². The summed E-state index contributed by atoms with van der Waals surface area (Å²) >= 11 is 0. The predicted octanol–water partition coefficient (Wildman–Crippen LogP) is 3.04. The minimum Gasteiger partial charge on any atom is -0.480 e. The number of benzene rings is 2. The summed E-state index contributed by atoms with van der Waals surface area (Å²) in [6.45, 7) is -0.477. The standard InChI is InChI=1S/C26H30N2O6/c29-14-22(23(30)31)28-24(32)26(12-6-1-7-13-26)16-27-25(33)34-15-21-19-10-4-2-8-17(19)18-9-3-5-11-20(18)21/h2-5,8-11,21-22,29H,1,6-7,12-16H2,(H,27,33)(H,28,32)(H,30,31)/t22-/m0/s1. The van der Waals surface area contributed by atoms with Gasteiger partial charge in [0.1, 0.15) is 12.6 Å². The molecule has 2 aromatic carbocycles. The van der Waals surface area contributed by atoms with E-state index in [-0.39, 0.29) is 19.1 Å². The molecule has 1 fully saturated rings. The summed E-state index contributed by atoms with van der Waals surface area (Å²) in [5, 5.41) is 23.6. The lowest BCUT2D eigenvalue weighted by Crippen LogP contribution is -2.54. The highest BCUT2D eigenvalue weighted by atomic mass is 16.5. The molecule has 0 saturated heterocycles. The van der Waals surface area contributed by atoms with Gasteiger partial charge >= 0.3 is 12.1 Å². The van der Waals surface area contributed by atoms with Gasteiger partial charge in [0.05, 0.1) is 12.0 Å². The molecule has 8 nitrogen and oxygen atoms in total. The number of ether oxygens (including phenoxy) is 1. The van der Waals surface area contributed by atoms with Crippen LogP contribution in [0.3, 0.4) is 0 Å². The fourth-order valence-electron chi connectivity index (χ4n) is 5.10. The lowest BCUT2D eigenvalue weighted by molar-refractivity contribution is -0.145. The molecule has 2 aliphatic rings. The summed E-state index contributed by atoms with van der Waals surface area (Å²) in [5.41, 5.74) is 3.59. The maximum atomic E-state index is 13.0. The van der Waals surface area contributed by atoms with Gasteiger partial charge < -0.3 is 25.6 Å². The van der Waals surface area contributed by atoms with Gasteiger partial charge in [-0.05, 0) is 35.1 Å². The third kappa shape index (κ3) is 4.77. The van der Waals surface area contributed by atoms with E-state index in [1.165, 1.54) is 0 Å². The number of hydrogen-bond acceptors (Lipinski definition) is 5. The van der Waals surface area contributed by atoms with Gasteiger partial charge in [-0.3, -0.25) is 4.79 Å². The minimum absolute atomic E-state index is 0.0489. The number of carboxylic acid groups (broad SMARTS) is 1. The Kier molecular flexibility index (Phi) is 7.17. The quantitative estimate of drug-likeness (QED) is 0.474. The zero-order valence-corrected chi connectivity index (χ0v) is 19.0. The second-order valence-corrected chi connectivity index (χ2v) is 9.07. The number of aliphatic hydroxyl groups excluding tert-OH is 1.